The molecule has 0 spiro atoms. The van der Waals surface area contributed by atoms with Crippen molar-refractivity contribution < 1.29 is 26.9 Å². The molecule has 7 heteroatoms. The van der Waals surface area contributed by atoms with Crippen molar-refractivity contribution >= 4 is 10.1 Å². The van der Waals surface area contributed by atoms with Crippen LogP contribution in [0.2, 0.25) is 0 Å². The van der Waals surface area contributed by atoms with Crippen molar-refractivity contribution in [2.24, 2.45) is 0 Å². The average molecular weight is 355 g/mol. The Bertz CT molecular complexity index is 367. The Kier molecular flexibility index (Phi) is 13.0. The number of quaternary nitrogens is 1. The number of hydrogen-bond acceptors (Lipinski definition) is 4. The molecule has 0 radical (unpaired) electrons. The molecule has 0 rings (SSSR count). The molecule has 0 aliphatic rings. The van der Waals surface area contributed by atoms with E-state index < -0.39 is 10.1 Å². The molecular formula is C16H36NO5S+. The van der Waals surface area contributed by atoms with E-state index in [2.05, 4.69) is 20.8 Å². The lowest BCUT2D eigenvalue weighted by Crippen LogP contribution is -2.52. The molecule has 1 N–H and O–H groups in total. The minimum atomic E-state index is -3.87. The fourth-order valence-electron chi connectivity index (χ4n) is 2.93. The predicted octanol–water partition coefficient (Wildman–Crippen LogP) is 2.34. The molecule has 0 atom stereocenters. The first kappa shape index (κ1) is 22.8. The van der Waals surface area contributed by atoms with E-state index >= 15 is 0 Å². The van der Waals surface area contributed by atoms with Gasteiger partial charge in [-0.3, -0.25) is 4.55 Å². The molecule has 0 aromatic carbocycles. The van der Waals surface area contributed by atoms with E-state index in [9.17, 15) is 8.42 Å². The lowest BCUT2D eigenvalue weighted by molar-refractivity contribution is -0.928. The Morgan fingerprint density at radius 3 is 1.83 bits per heavy atom. The first-order valence-electron chi connectivity index (χ1n) is 8.85. The first-order valence-corrected chi connectivity index (χ1v) is 10.5. The number of ether oxygens (including phenoxy) is 2. The fourth-order valence-corrected chi connectivity index (χ4v) is 3.42. The monoisotopic (exact) mass is 354 g/mol. The van der Waals surface area contributed by atoms with E-state index in [0.29, 0.717) is 26.2 Å². The molecule has 0 fully saturated rings. The van der Waals surface area contributed by atoms with Gasteiger partial charge >= 0.3 is 0 Å². The van der Waals surface area contributed by atoms with Crippen LogP contribution in [0.3, 0.4) is 0 Å². The number of hydrogen-bond donors (Lipinski definition) is 1. The van der Waals surface area contributed by atoms with Crippen molar-refractivity contribution in [3.63, 3.8) is 0 Å². The van der Waals surface area contributed by atoms with Crippen molar-refractivity contribution in [1.29, 1.82) is 0 Å². The Balaban J connectivity index is 4.30. The second kappa shape index (κ2) is 13.1. The zero-order valence-electron chi connectivity index (χ0n) is 15.1. The molecule has 0 saturated heterocycles. The summed E-state index contributed by atoms with van der Waals surface area (Å²) < 4.78 is 42.7. The van der Waals surface area contributed by atoms with Crippen LogP contribution in [-0.2, 0) is 19.6 Å². The highest BCUT2D eigenvalue weighted by molar-refractivity contribution is 7.85. The van der Waals surface area contributed by atoms with Gasteiger partial charge in [-0.25, -0.2) is 0 Å². The normalized spacial score (nSPS) is 12.7. The SMILES string of the molecule is CCCOCCOCC[N+](CCC)(CCC)CCCS(=O)(=O)O. The van der Waals surface area contributed by atoms with Gasteiger partial charge in [-0.05, 0) is 19.3 Å². The zero-order valence-corrected chi connectivity index (χ0v) is 15.9. The summed E-state index contributed by atoms with van der Waals surface area (Å²) >= 11 is 0. The molecule has 0 bridgehead atoms. The third kappa shape index (κ3) is 12.8. The summed E-state index contributed by atoms with van der Waals surface area (Å²) in [7, 11) is -3.87. The van der Waals surface area contributed by atoms with Crippen LogP contribution in [0.4, 0.5) is 0 Å². The summed E-state index contributed by atoms with van der Waals surface area (Å²) in [4.78, 5) is 0. The largest absolute Gasteiger partial charge is 0.379 e. The van der Waals surface area contributed by atoms with Crippen molar-refractivity contribution in [3.05, 3.63) is 0 Å². The summed E-state index contributed by atoms with van der Waals surface area (Å²) in [6, 6.07) is 0. The van der Waals surface area contributed by atoms with E-state index in [0.717, 1.165) is 56.5 Å². The van der Waals surface area contributed by atoms with Gasteiger partial charge in [-0.1, -0.05) is 20.8 Å². The number of nitrogens with zero attached hydrogens (tertiary/aromatic N) is 1. The molecular weight excluding hydrogens is 318 g/mol. The molecule has 0 saturated carbocycles. The molecule has 0 aliphatic carbocycles. The maximum atomic E-state index is 10.9. The van der Waals surface area contributed by atoms with Gasteiger partial charge in [0.15, 0.2) is 0 Å². The summed E-state index contributed by atoms with van der Waals surface area (Å²) in [5.41, 5.74) is 0. The van der Waals surface area contributed by atoms with Crippen LogP contribution in [0, 0.1) is 0 Å². The Hall–Kier alpha value is -0.210. The van der Waals surface area contributed by atoms with Gasteiger partial charge in [0, 0.05) is 13.0 Å². The fraction of sp³-hybridized carbons (Fsp3) is 1.00. The van der Waals surface area contributed by atoms with Crippen LogP contribution in [0.5, 0.6) is 0 Å². The van der Waals surface area contributed by atoms with Crippen LogP contribution < -0.4 is 0 Å². The molecule has 23 heavy (non-hydrogen) atoms. The third-order valence-corrected chi connectivity index (χ3v) is 4.67. The van der Waals surface area contributed by atoms with E-state index in [4.69, 9.17) is 14.0 Å². The smallest absolute Gasteiger partial charge is 0.265 e. The molecule has 0 amide bonds. The van der Waals surface area contributed by atoms with Gasteiger partial charge in [0.25, 0.3) is 10.1 Å². The first-order chi connectivity index (χ1) is 10.9. The van der Waals surface area contributed by atoms with Crippen molar-refractivity contribution in [1.82, 2.24) is 0 Å². The Morgan fingerprint density at radius 1 is 0.783 bits per heavy atom. The minimum Gasteiger partial charge on any atom is -0.379 e. The van der Waals surface area contributed by atoms with Gasteiger partial charge < -0.3 is 14.0 Å². The van der Waals surface area contributed by atoms with Crippen LogP contribution in [0.15, 0.2) is 0 Å². The molecule has 0 unspecified atom stereocenters. The van der Waals surface area contributed by atoms with E-state index in [1.54, 1.807) is 0 Å². The standard InChI is InChI=1S/C16H35NO5S/c1-4-8-17(9-5-2,10-7-16-23(18,19)20)11-13-22-15-14-21-12-6-3/h4-16H2,1-3H3/p+1. The van der Waals surface area contributed by atoms with Crippen LogP contribution in [0.25, 0.3) is 0 Å². The van der Waals surface area contributed by atoms with E-state index in [1.807, 2.05) is 0 Å². The number of rotatable bonds is 16. The van der Waals surface area contributed by atoms with Crippen LogP contribution in [0.1, 0.15) is 46.5 Å². The molecule has 6 nitrogen and oxygen atoms in total. The molecule has 0 aliphatic heterocycles. The lowest BCUT2D eigenvalue weighted by Gasteiger charge is -2.38. The van der Waals surface area contributed by atoms with Crippen molar-refractivity contribution in [3.8, 4) is 0 Å². The van der Waals surface area contributed by atoms with Gasteiger partial charge in [0.2, 0.25) is 0 Å². The quantitative estimate of drug-likeness (QED) is 0.262. The highest BCUT2D eigenvalue weighted by Crippen LogP contribution is 2.12. The van der Waals surface area contributed by atoms with Crippen molar-refractivity contribution in [2.45, 2.75) is 46.5 Å². The third-order valence-electron chi connectivity index (χ3n) is 3.86. The molecule has 0 aromatic heterocycles. The molecule has 0 heterocycles. The summed E-state index contributed by atoms with van der Waals surface area (Å²) in [6.45, 7) is 12.7. The van der Waals surface area contributed by atoms with Crippen LogP contribution >= 0.6 is 0 Å². The predicted molar refractivity (Wildman–Crippen MR) is 93.3 cm³/mol. The molecule has 140 valence electrons. The summed E-state index contributed by atoms with van der Waals surface area (Å²) in [5, 5.41) is 0. The van der Waals surface area contributed by atoms with Gasteiger partial charge in [0.05, 0.1) is 45.2 Å². The van der Waals surface area contributed by atoms with Crippen LogP contribution in [-0.4, -0.2) is 75.8 Å². The zero-order chi connectivity index (χ0) is 17.6. The lowest BCUT2D eigenvalue weighted by atomic mass is 10.2. The highest BCUT2D eigenvalue weighted by Gasteiger charge is 2.25. The van der Waals surface area contributed by atoms with Crippen molar-refractivity contribution in [2.75, 3.05) is 58.4 Å². The summed E-state index contributed by atoms with van der Waals surface area (Å²) in [6.07, 6.45) is 3.59. The van der Waals surface area contributed by atoms with Gasteiger partial charge in [-0.2, -0.15) is 8.42 Å². The van der Waals surface area contributed by atoms with Gasteiger partial charge in [-0.15, -0.1) is 0 Å². The molecule has 0 aromatic rings. The van der Waals surface area contributed by atoms with E-state index in [1.165, 1.54) is 0 Å². The highest BCUT2D eigenvalue weighted by atomic mass is 32.2. The van der Waals surface area contributed by atoms with Gasteiger partial charge in [0.1, 0.15) is 6.54 Å². The van der Waals surface area contributed by atoms with E-state index in [-0.39, 0.29) is 5.75 Å². The second-order valence-corrected chi connectivity index (χ2v) is 7.67. The Labute approximate surface area is 142 Å². The topological polar surface area (TPSA) is 72.8 Å². The average Bonchev–Trinajstić information content (AvgIpc) is 2.45. The minimum absolute atomic E-state index is 0.161. The maximum absolute atomic E-state index is 10.9. The summed E-state index contributed by atoms with van der Waals surface area (Å²) in [5.74, 6) is -0.161. The Morgan fingerprint density at radius 2 is 1.35 bits per heavy atom. The maximum Gasteiger partial charge on any atom is 0.265 e. The second-order valence-electron chi connectivity index (χ2n) is 6.10.